The van der Waals surface area contributed by atoms with E-state index in [1.165, 1.54) is 0 Å². The van der Waals surface area contributed by atoms with Gasteiger partial charge < -0.3 is 4.90 Å². The lowest BCUT2D eigenvalue weighted by molar-refractivity contribution is -0.119. The highest BCUT2D eigenvalue weighted by Crippen LogP contribution is 2.28. The number of nitrogens with zero attached hydrogens (tertiary/aromatic N) is 1. The zero-order chi connectivity index (χ0) is 17.5. The van der Waals surface area contributed by atoms with Crippen LogP contribution in [0.3, 0.4) is 0 Å². The number of amides is 1. The predicted molar refractivity (Wildman–Crippen MR) is 93.0 cm³/mol. The molecule has 0 spiro atoms. The number of hydrogen-bond donors (Lipinski definition) is 3. The summed E-state index contributed by atoms with van der Waals surface area (Å²) >= 11 is 0. The van der Waals surface area contributed by atoms with Gasteiger partial charge in [-0.15, -0.1) is 0 Å². The molecule has 1 saturated heterocycles. The third kappa shape index (κ3) is 3.06. The van der Waals surface area contributed by atoms with E-state index in [1.807, 2.05) is 38.1 Å². The highest BCUT2D eigenvalue weighted by atomic mass is 32.2. The third-order valence-electron chi connectivity index (χ3n) is 4.75. The van der Waals surface area contributed by atoms with Gasteiger partial charge >= 0.3 is 0 Å². The number of sulfonamides is 1. The Hall–Kier alpha value is -1.48. The van der Waals surface area contributed by atoms with Crippen molar-refractivity contribution in [3.8, 4) is 0 Å². The van der Waals surface area contributed by atoms with Crippen molar-refractivity contribution >= 4 is 21.6 Å². The zero-order valence-corrected chi connectivity index (χ0v) is 14.9. The average molecular weight is 352 g/mol. The molecule has 2 aliphatic heterocycles. The lowest BCUT2D eigenvalue weighted by Crippen LogP contribution is -2.52. The number of hydrogen-bond acceptors (Lipinski definition) is 5. The quantitative estimate of drug-likeness (QED) is 0.717. The summed E-state index contributed by atoms with van der Waals surface area (Å²) in [5.74, 6) is -0.220. The van der Waals surface area contributed by atoms with Gasteiger partial charge in [0, 0.05) is 24.3 Å². The van der Waals surface area contributed by atoms with Gasteiger partial charge in [-0.25, -0.2) is 13.1 Å². The third-order valence-corrected chi connectivity index (χ3v) is 6.96. The molecule has 2 heterocycles. The molecule has 3 N–H and O–H groups in total. The average Bonchev–Trinajstić information content (AvgIpc) is 3.09. The standard InChI is InChI=1S/C16H24N4O3S/c1-10-15(11(2)18-17-10)24(22,23)19-12(3)16(21)20-9-8-13-6-4-5-7-14(13)20/h4-7,10-12,15,17-19H,8-9H2,1-3H3/t10?,11?,12-,15?/m1/s1. The smallest absolute Gasteiger partial charge is 0.244 e. The Balaban J connectivity index is 1.73. The molecule has 1 fully saturated rings. The van der Waals surface area contributed by atoms with E-state index in [9.17, 15) is 13.2 Å². The van der Waals surface area contributed by atoms with Crippen LogP contribution in [0.2, 0.25) is 0 Å². The molecule has 0 aromatic heterocycles. The number of benzene rings is 1. The number of nitrogens with one attached hydrogen (secondary N) is 3. The lowest BCUT2D eigenvalue weighted by Gasteiger charge is -2.25. The molecule has 2 aliphatic rings. The fraction of sp³-hybridized carbons (Fsp3) is 0.562. The maximum Gasteiger partial charge on any atom is 0.244 e. The van der Waals surface area contributed by atoms with Crippen molar-refractivity contribution in [1.82, 2.24) is 15.6 Å². The summed E-state index contributed by atoms with van der Waals surface area (Å²) in [4.78, 5) is 14.4. The van der Waals surface area contributed by atoms with Crippen molar-refractivity contribution in [3.05, 3.63) is 29.8 Å². The minimum Gasteiger partial charge on any atom is -0.310 e. The maximum absolute atomic E-state index is 12.7. The first-order valence-corrected chi connectivity index (χ1v) is 9.77. The minimum atomic E-state index is -3.63. The Bertz CT molecular complexity index is 727. The van der Waals surface area contributed by atoms with E-state index in [4.69, 9.17) is 0 Å². The normalized spacial score (nSPS) is 28.0. The molecule has 2 unspecified atom stereocenters. The van der Waals surface area contributed by atoms with Crippen LogP contribution in [0.5, 0.6) is 0 Å². The molecule has 0 radical (unpaired) electrons. The Kier molecular flexibility index (Phi) is 4.65. The molecular weight excluding hydrogens is 328 g/mol. The second kappa shape index (κ2) is 6.44. The van der Waals surface area contributed by atoms with Crippen molar-refractivity contribution in [2.24, 2.45) is 0 Å². The number of hydrazine groups is 1. The Labute approximate surface area is 142 Å². The Morgan fingerprint density at radius 3 is 2.54 bits per heavy atom. The molecule has 0 bridgehead atoms. The van der Waals surface area contributed by atoms with Gasteiger partial charge in [0.15, 0.2) is 0 Å². The van der Waals surface area contributed by atoms with E-state index in [2.05, 4.69) is 15.6 Å². The van der Waals surface area contributed by atoms with Crippen LogP contribution in [0.1, 0.15) is 26.3 Å². The molecule has 8 heteroatoms. The van der Waals surface area contributed by atoms with Gasteiger partial charge in [0.25, 0.3) is 0 Å². The lowest BCUT2D eigenvalue weighted by atomic mass is 10.2. The zero-order valence-electron chi connectivity index (χ0n) is 14.1. The molecule has 1 amide bonds. The van der Waals surface area contributed by atoms with Crippen LogP contribution < -0.4 is 20.5 Å². The van der Waals surface area contributed by atoms with Gasteiger partial charge in [-0.05, 0) is 38.8 Å². The minimum absolute atomic E-state index is 0.220. The molecular formula is C16H24N4O3S. The molecule has 132 valence electrons. The highest BCUT2D eigenvalue weighted by molar-refractivity contribution is 7.90. The van der Waals surface area contributed by atoms with Crippen molar-refractivity contribution in [2.75, 3.05) is 11.4 Å². The van der Waals surface area contributed by atoms with E-state index in [-0.39, 0.29) is 18.0 Å². The number of carbonyl (C=O) groups excluding carboxylic acids is 1. The van der Waals surface area contributed by atoms with Crippen molar-refractivity contribution < 1.29 is 13.2 Å². The van der Waals surface area contributed by atoms with Crippen LogP contribution >= 0.6 is 0 Å². The van der Waals surface area contributed by atoms with Crippen molar-refractivity contribution in [3.63, 3.8) is 0 Å². The number of anilines is 1. The first kappa shape index (κ1) is 17.3. The summed E-state index contributed by atoms with van der Waals surface area (Å²) in [6.45, 7) is 5.81. The van der Waals surface area contributed by atoms with E-state index < -0.39 is 21.3 Å². The van der Waals surface area contributed by atoms with Gasteiger partial charge in [0.1, 0.15) is 5.25 Å². The van der Waals surface area contributed by atoms with Gasteiger partial charge in [-0.1, -0.05) is 18.2 Å². The summed E-state index contributed by atoms with van der Waals surface area (Å²) in [5, 5.41) is -0.626. The molecule has 1 aromatic rings. The first-order chi connectivity index (χ1) is 11.3. The summed E-state index contributed by atoms with van der Waals surface area (Å²) < 4.78 is 27.9. The molecule has 0 saturated carbocycles. The van der Waals surface area contributed by atoms with Crippen LogP contribution in [-0.4, -0.2) is 44.2 Å². The summed E-state index contributed by atoms with van der Waals surface area (Å²) in [5.41, 5.74) is 7.86. The van der Waals surface area contributed by atoms with Crippen LogP contribution in [-0.2, 0) is 21.2 Å². The van der Waals surface area contributed by atoms with Crippen LogP contribution in [0.25, 0.3) is 0 Å². The number of para-hydroxylation sites is 1. The fourth-order valence-corrected chi connectivity index (χ4v) is 5.54. The summed E-state index contributed by atoms with van der Waals surface area (Å²) in [7, 11) is -3.63. The van der Waals surface area contributed by atoms with E-state index in [1.54, 1.807) is 11.8 Å². The van der Waals surface area contributed by atoms with Crippen molar-refractivity contribution in [2.45, 2.75) is 50.6 Å². The maximum atomic E-state index is 12.7. The fourth-order valence-electron chi connectivity index (χ4n) is 3.57. The first-order valence-electron chi connectivity index (χ1n) is 8.23. The van der Waals surface area contributed by atoms with Crippen molar-refractivity contribution in [1.29, 1.82) is 0 Å². The van der Waals surface area contributed by atoms with Gasteiger partial charge in [-0.2, -0.15) is 0 Å². The van der Waals surface area contributed by atoms with Gasteiger partial charge in [0.05, 0.1) is 6.04 Å². The molecule has 1 aromatic carbocycles. The topological polar surface area (TPSA) is 90.5 Å². The van der Waals surface area contributed by atoms with E-state index >= 15 is 0 Å². The molecule has 3 rings (SSSR count). The summed E-state index contributed by atoms with van der Waals surface area (Å²) in [6.07, 6.45) is 0.798. The molecule has 3 atom stereocenters. The highest BCUT2D eigenvalue weighted by Gasteiger charge is 2.42. The number of fused-ring (bicyclic) bond motifs is 1. The van der Waals surface area contributed by atoms with Crippen LogP contribution in [0.4, 0.5) is 5.69 Å². The largest absolute Gasteiger partial charge is 0.310 e. The Morgan fingerprint density at radius 1 is 1.25 bits per heavy atom. The summed E-state index contributed by atoms with van der Waals surface area (Å²) in [6, 6.07) is 6.47. The van der Waals surface area contributed by atoms with E-state index in [0.29, 0.717) is 6.54 Å². The van der Waals surface area contributed by atoms with Gasteiger partial charge in [0.2, 0.25) is 15.9 Å². The second-order valence-corrected chi connectivity index (χ2v) is 8.45. The predicted octanol–water partition coefficient (Wildman–Crippen LogP) is 0.137. The molecule has 7 nitrogen and oxygen atoms in total. The van der Waals surface area contributed by atoms with E-state index in [0.717, 1.165) is 17.7 Å². The number of carbonyl (C=O) groups is 1. The van der Waals surface area contributed by atoms with Crippen LogP contribution in [0.15, 0.2) is 24.3 Å². The second-order valence-electron chi connectivity index (χ2n) is 6.58. The van der Waals surface area contributed by atoms with Crippen LogP contribution in [0, 0.1) is 0 Å². The Morgan fingerprint density at radius 2 is 1.88 bits per heavy atom. The monoisotopic (exact) mass is 352 g/mol. The molecule has 0 aliphatic carbocycles. The molecule has 24 heavy (non-hydrogen) atoms. The number of rotatable bonds is 4. The SMILES string of the molecule is CC1NNC(C)C1S(=O)(=O)N[C@H](C)C(=O)N1CCc2ccccc21. The van der Waals surface area contributed by atoms with Gasteiger partial charge in [-0.3, -0.25) is 15.6 Å².